The lowest BCUT2D eigenvalue weighted by atomic mass is 10.1. The van der Waals surface area contributed by atoms with Gasteiger partial charge in [-0.05, 0) is 47.4 Å². The highest BCUT2D eigenvalue weighted by molar-refractivity contribution is 14.0. The van der Waals surface area contributed by atoms with Gasteiger partial charge in [0.25, 0.3) is 0 Å². The number of carbonyl (C=O) groups is 1. The van der Waals surface area contributed by atoms with Crippen molar-refractivity contribution in [3.8, 4) is 0 Å². The van der Waals surface area contributed by atoms with Crippen molar-refractivity contribution in [3.63, 3.8) is 0 Å². The van der Waals surface area contributed by atoms with Crippen LogP contribution in [0.1, 0.15) is 25.3 Å². The summed E-state index contributed by atoms with van der Waals surface area (Å²) in [5, 5.41) is 13.5. The van der Waals surface area contributed by atoms with E-state index in [1.807, 2.05) is 37.3 Å². The van der Waals surface area contributed by atoms with Gasteiger partial charge in [0.2, 0.25) is 5.91 Å². The van der Waals surface area contributed by atoms with Crippen LogP contribution in [-0.2, 0) is 4.79 Å². The summed E-state index contributed by atoms with van der Waals surface area (Å²) in [6.45, 7) is 5.77. The number of carbonyl (C=O) groups excluding carboxylic acids is 1. The van der Waals surface area contributed by atoms with Crippen LogP contribution in [0.4, 0.5) is 5.69 Å². The maximum atomic E-state index is 12.0. The number of halogens is 1. The first-order valence-corrected chi connectivity index (χ1v) is 9.02. The van der Waals surface area contributed by atoms with E-state index in [1.54, 1.807) is 11.3 Å². The zero-order valence-corrected chi connectivity index (χ0v) is 17.6. The minimum absolute atomic E-state index is 0. The fourth-order valence-electron chi connectivity index (χ4n) is 2.14. The Labute approximate surface area is 170 Å². The van der Waals surface area contributed by atoms with E-state index in [0.29, 0.717) is 11.9 Å². The maximum absolute atomic E-state index is 12.0. The van der Waals surface area contributed by atoms with Gasteiger partial charge in [-0.15, -0.1) is 24.0 Å². The van der Waals surface area contributed by atoms with Gasteiger partial charge < -0.3 is 16.0 Å². The molecule has 0 fully saturated rings. The van der Waals surface area contributed by atoms with Crippen molar-refractivity contribution >= 4 is 52.9 Å². The largest absolute Gasteiger partial charge is 0.357 e. The number of hydrogen-bond donors (Lipinski definition) is 3. The summed E-state index contributed by atoms with van der Waals surface area (Å²) in [6, 6.07) is 11.5. The summed E-state index contributed by atoms with van der Waals surface area (Å²) in [5.41, 5.74) is 2.09. The van der Waals surface area contributed by atoms with Gasteiger partial charge in [0.1, 0.15) is 6.54 Å². The molecule has 0 spiro atoms. The zero-order chi connectivity index (χ0) is 17.2. The lowest BCUT2D eigenvalue weighted by Crippen LogP contribution is -2.39. The highest BCUT2D eigenvalue weighted by Crippen LogP contribution is 2.16. The molecule has 2 rings (SSSR count). The Morgan fingerprint density at radius 3 is 2.60 bits per heavy atom. The quantitative estimate of drug-likeness (QED) is 0.328. The maximum Gasteiger partial charge on any atom is 0.246 e. The summed E-state index contributed by atoms with van der Waals surface area (Å²) in [6.07, 6.45) is 0. The van der Waals surface area contributed by atoms with E-state index in [1.165, 1.54) is 5.56 Å². The highest BCUT2D eigenvalue weighted by atomic mass is 127. The smallest absolute Gasteiger partial charge is 0.246 e. The van der Waals surface area contributed by atoms with Crippen molar-refractivity contribution in [1.82, 2.24) is 10.6 Å². The van der Waals surface area contributed by atoms with Crippen LogP contribution in [0.3, 0.4) is 0 Å². The minimum atomic E-state index is -0.135. The lowest BCUT2D eigenvalue weighted by molar-refractivity contribution is -0.114. The number of hydrogen-bond acceptors (Lipinski definition) is 3. The number of rotatable bonds is 7. The molecule has 1 aromatic heterocycles. The zero-order valence-electron chi connectivity index (χ0n) is 14.5. The fraction of sp³-hybridized carbons (Fsp3) is 0.333. The van der Waals surface area contributed by atoms with Crippen molar-refractivity contribution in [3.05, 3.63) is 52.7 Å². The molecule has 1 atom stereocenters. The van der Waals surface area contributed by atoms with Gasteiger partial charge in [-0.1, -0.05) is 25.1 Å². The third kappa shape index (κ3) is 7.87. The molecule has 1 unspecified atom stereocenters. The van der Waals surface area contributed by atoms with E-state index in [4.69, 9.17) is 0 Å². The van der Waals surface area contributed by atoms with Crippen LogP contribution in [0.15, 0.2) is 52.2 Å². The number of anilines is 1. The molecule has 0 saturated carbocycles. The molecule has 0 saturated heterocycles. The second-order valence-electron chi connectivity index (χ2n) is 5.45. The summed E-state index contributed by atoms with van der Waals surface area (Å²) >= 11 is 1.70. The monoisotopic (exact) mass is 472 g/mol. The average molecular weight is 472 g/mol. The molecule has 1 heterocycles. The molecule has 0 aliphatic heterocycles. The van der Waals surface area contributed by atoms with E-state index in [0.717, 1.165) is 18.8 Å². The second-order valence-corrected chi connectivity index (χ2v) is 6.23. The van der Waals surface area contributed by atoms with Crippen LogP contribution in [0.25, 0.3) is 0 Å². The van der Waals surface area contributed by atoms with Crippen molar-refractivity contribution in [2.45, 2.75) is 19.8 Å². The van der Waals surface area contributed by atoms with Gasteiger partial charge in [-0.25, -0.2) is 4.99 Å². The fourth-order valence-corrected chi connectivity index (χ4v) is 2.92. The normalized spacial score (nSPS) is 12.0. The summed E-state index contributed by atoms with van der Waals surface area (Å²) < 4.78 is 0. The Hall–Kier alpha value is -1.61. The van der Waals surface area contributed by atoms with Crippen LogP contribution in [0, 0.1) is 0 Å². The topological polar surface area (TPSA) is 65.5 Å². The molecule has 1 aromatic carbocycles. The first kappa shape index (κ1) is 21.4. The van der Waals surface area contributed by atoms with Gasteiger partial charge in [0, 0.05) is 18.8 Å². The first-order valence-electron chi connectivity index (χ1n) is 8.08. The molecule has 5 nitrogen and oxygen atoms in total. The second kappa shape index (κ2) is 11.9. The van der Waals surface area contributed by atoms with Crippen LogP contribution in [-0.4, -0.2) is 31.5 Å². The predicted octanol–water partition coefficient (Wildman–Crippen LogP) is 3.66. The molecule has 0 aliphatic rings. The average Bonchev–Trinajstić information content (AvgIpc) is 3.12. The lowest BCUT2D eigenvalue weighted by Gasteiger charge is -2.15. The van der Waals surface area contributed by atoms with Gasteiger partial charge >= 0.3 is 0 Å². The molecule has 0 radical (unpaired) electrons. The van der Waals surface area contributed by atoms with Gasteiger partial charge in [-0.2, -0.15) is 11.3 Å². The van der Waals surface area contributed by atoms with E-state index < -0.39 is 0 Å². The SMILES string of the molecule is CCNC(=NCC(=O)Nc1ccccc1)NCC(C)c1ccsc1.I. The molecular formula is C18H25IN4OS. The molecule has 0 aliphatic carbocycles. The van der Waals surface area contributed by atoms with Crippen molar-refractivity contribution in [2.75, 3.05) is 25.0 Å². The standard InChI is InChI=1S/C18H24N4OS.HI/c1-3-19-18(20-11-14(2)15-9-10-24-13-15)21-12-17(23)22-16-7-5-4-6-8-16;/h4-10,13-14H,3,11-12H2,1-2H3,(H,22,23)(H2,19,20,21);1H. The van der Waals surface area contributed by atoms with Crippen LogP contribution >= 0.6 is 35.3 Å². The van der Waals surface area contributed by atoms with E-state index in [9.17, 15) is 4.79 Å². The number of benzene rings is 1. The molecular weight excluding hydrogens is 447 g/mol. The summed E-state index contributed by atoms with van der Waals surface area (Å²) in [4.78, 5) is 16.3. The number of nitrogens with one attached hydrogen (secondary N) is 3. The Morgan fingerprint density at radius 2 is 1.96 bits per heavy atom. The number of aliphatic imine (C=N–C) groups is 1. The molecule has 1 amide bonds. The molecule has 0 bridgehead atoms. The molecule has 136 valence electrons. The Balaban J connectivity index is 0.00000312. The third-order valence-electron chi connectivity index (χ3n) is 3.47. The van der Waals surface area contributed by atoms with Crippen LogP contribution in [0.2, 0.25) is 0 Å². The molecule has 7 heteroatoms. The van der Waals surface area contributed by atoms with Crippen LogP contribution < -0.4 is 16.0 Å². The number of guanidine groups is 1. The third-order valence-corrected chi connectivity index (χ3v) is 4.17. The highest BCUT2D eigenvalue weighted by Gasteiger charge is 2.07. The first-order chi connectivity index (χ1) is 11.7. The van der Waals surface area contributed by atoms with Crippen LogP contribution in [0.5, 0.6) is 0 Å². The van der Waals surface area contributed by atoms with E-state index in [2.05, 4.69) is 44.7 Å². The molecule has 25 heavy (non-hydrogen) atoms. The summed E-state index contributed by atoms with van der Waals surface area (Å²) in [5.74, 6) is 0.908. The number of para-hydroxylation sites is 1. The van der Waals surface area contributed by atoms with Gasteiger partial charge in [0.15, 0.2) is 5.96 Å². The minimum Gasteiger partial charge on any atom is -0.357 e. The van der Waals surface area contributed by atoms with E-state index in [-0.39, 0.29) is 36.4 Å². The summed E-state index contributed by atoms with van der Waals surface area (Å²) in [7, 11) is 0. The number of amides is 1. The Morgan fingerprint density at radius 1 is 1.20 bits per heavy atom. The van der Waals surface area contributed by atoms with Gasteiger partial charge in [-0.3, -0.25) is 4.79 Å². The Kier molecular flexibility index (Phi) is 10.2. The predicted molar refractivity (Wildman–Crippen MR) is 117 cm³/mol. The number of thiophene rings is 1. The van der Waals surface area contributed by atoms with Crippen molar-refractivity contribution in [1.29, 1.82) is 0 Å². The molecule has 2 aromatic rings. The van der Waals surface area contributed by atoms with Crippen molar-refractivity contribution < 1.29 is 4.79 Å². The van der Waals surface area contributed by atoms with E-state index >= 15 is 0 Å². The van der Waals surface area contributed by atoms with Crippen molar-refractivity contribution in [2.24, 2.45) is 4.99 Å². The number of nitrogens with zero attached hydrogens (tertiary/aromatic N) is 1. The van der Waals surface area contributed by atoms with Gasteiger partial charge in [0.05, 0.1) is 0 Å². The molecule has 3 N–H and O–H groups in total. The Bertz CT molecular complexity index is 646.